The zero-order valence-electron chi connectivity index (χ0n) is 13.7. The molecule has 126 valence electrons. The summed E-state index contributed by atoms with van der Waals surface area (Å²) in [5, 5.41) is 1.66. The molecule has 0 radical (unpaired) electrons. The van der Waals surface area contributed by atoms with Gasteiger partial charge in [-0.1, -0.05) is 53.3 Å². The van der Waals surface area contributed by atoms with Crippen molar-refractivity contribution in [2.45, 2.75) is 6.42 Å². The highest BCUT2D eigenvalue weighted by Gasteiger charge is 2.24. The lowest BCUT2D eigenvalue weighted by Crippen LogP contribution is -2.27. The van der Waals surface area contributed by atoms with Crippen molar-refractivity contribution in [1.29, 1.82) is 0 Å². The highest BCUT2D eigenvalue weighted by Crippen LogP contribution is 2.38. The van der Waals surface area contributed by atoms with Gasteiger partial charge in [-0.05, 0) is 24.6 Å². The van der Waals surface area contributed by atoms with E-state index in [1.54, 1.807) is 12.3 Å². The van der Waals surface area contributed by atoms with Gasteiger partial charge in [-0.25, -0.2) is 0 Å². The molecule has 1 aliphatic rings. The Labute approximate surface area is 154 Å². The molecule has 2 heterocycles. The molecule has 0 N–H and O–H groups in total. The molecule has 0 atom stereocenters. The van der Waals surface area contributed by atoms with Crippen LogP contribution in [0.25, 0.3) is 15.7 Å². The third kappa shape index (κ3) is 2.92. The average Bonchev–Trinajstić information content (AvgIpc) is 2.62. The van der Waals surface area contributed by atoms with Gasteiger partial charge < -0.3 is 9.64 Å². The van der Waals surface area contributed by atoms with E-state index < -0.39 is 0 Å². The Balaban J connectivity index is 1.85. The predicted octanol–water partition coefficient (Wildman–Crippen LogP) is 5.17. The van der Waals surface area contributed by atoms with Crippen LogP contribution in [0.1, 0.15) is 12.0 Å². The summed E-state index contributed by atoms with van der Waals surface area (Å²) in [7, 11) is 2.03. The molecule has 0 amide bonds. The fraction of sp³-hybridized carbons (Fsp3) is 0.150. The lowest BCUT2D eigenvalue weighted by atomic mass is 9.98. The van der Waals surface area contributed by atoms with E-state index in [1.807, 2.05) is 43.4 Å². The third-order valence-electron chi connectivity index (χ3n) is 4.37. The summed E-state index contributed by atoms with van der Waals surface area (Å²) in [4.78, 5) is 14.9. The first-order valence-corrected chi connectivity index (χ1v) is 9.22. The summed E-state index contributed by atoms with van der Waals surface area (Å²) >= 11 is 7.43. The number of rotatable bonds is 2. The standard InChI is InChI=1S/C20H16ClNO2S/c1-22-11-10-13(12-24-16-8-4-3-7-15(16)21)18-19(22)14-6-2-5-9-17(14)25-20(18)23/h2-9,12H,10-11H2,1H3/b13-12+. The second kappa shape index (κ2) is 6.54. The van der Waals surface area contributed by atoms with Crippen molar-refractivity contribution in [2.24, 2.45) is 0 Å². The minimum Gasteiger partial charge on any atom is -0.463 e. The molecule has 0 saturated carbocycles. The zero-order valence-corrected chi connectivity index (χ0v) is 15.2. The van der Waals surface area contributed by atoms with Crippen molar-refractivity contribution in [3.05, 3.63) is 74.9 Å². The Morgan fingerprint density at radius 3 is 2.76 bits per heavy atom. The predicted molar refractivity (Wildman–Crippen MR) is 106 cm³/mol. The molecule has 1 aliphatic heterocycles. The molecule has 2 aromatic carbocycles. The topological polar surface area (TPSA) is 29.5 Å². The Morgan fingerprint density at radius 2 is 1.92 bits per heavy atom. The number of benzene rings is 2. The molecule has 0 saturated heterocycles. The molecule has 25 heavy (non-hydrogen) atoms. The Hall–Kier alpha value is -2.30. The summed E-state index contributed by atoms with van der Waals surface area (Å²) in [6.07, 6.45) is 2.43. The summed E-state index contributed by atoms with van der Waals surface area (Å²) in [6, 6.07) is 15.4. The van der Waals surface area contributed by atoms with Crippen molar-refractivity contribution in [3.63, 3.8) is 0 Å². The van der Waals surface area contributed by atoms with E-state index in [9.17, 15) is 4.79 Å². The molecule has 0 spiro atoms. The average molecular weight is 370 g/mol. The maximum absolute atomic E-state index is 12.8. The van der Waals surface area contributed by atoms with Crippen molar-refractivity contribution in [2.75, 3.05) is 18.5 Å². The number of hydrogen-bond donors (Lipinski definition) is 0. The number of nitrogens with zero attached hydrogens (tertiary/aromatic N) is 1. The van der Waals surface area contributed by atoms with E-state index in [0.717, 1.165) is 39.9 Å². The second-order valence-corrected chi connectivity index (χ2v) is 7.39. The Kier molecular flexibility index (Phi) is 4.24. The fourth-order valence-corrected chi connectivity index (χ4v) is 4.26. The molecule has 0 unspecified atom stereocenters. The van der Waals surface area contributed by atoms with Gasteiger partial charge in [0.05, 0.1) is 22.5 Å². The number of ether oxygens (including phenoxy) is 1. The molecular formula is C20H16ClNO2S. The second-order valence-electron chi connectivity index (χ2n) is 5.97. The number of hydrogen-bond acceptors (Lipinski definition) is 4. The Morgan fingerprint density at radius 1 is 1.16 bits per heavy atom. The first kappa shape index (κ1) is 16.2. The minimum atomic E-state index is 0.0641. The molecule has 1 aromatic heterocycles. The van der Waals surface area contributed by atoms with Gasteiger partial charge in [0, 0.05) is 29.3 Å². The van der Waals surface area contributed by atoms with Crippen LogP contribution in [-0.2, 0) is 0 Å². The van der Waals surface area contributed by atoms with Gasteiger partial charge in [0.1, 0.15) is 5.75 Å². The molecule has 3 aromatic rings. The highest BCUT2D eigenvalue weighted by molar-refractivity contribution is 7.16. The van der Waals surface area contributed by atoms with E-state index >= 15 is 0 Å². The molecular weight excluding hydrogens is 354 g/mol. The maximum atomic E-state index is 12.8. The summed E-state index contributed by atoms with van der Waals surface area (Å²) in [5.41, 5.74) is 2.64. The van der Waals surface area contributed by atoms with E-state index in [-0.39, 0.29) is 4.74 Å². The SMILES string of the molecule is CN1CC/C(=C\Oc2ccccc2Cl)c2c1c1ccccc1sc2=O. The summed E-state index contributed by atoms with van der Waals surface area (Å²) in [5.74, 6) is 0.592. The molecule has 5 heteroatoms. The summed E-state index contributed by atoms with van der Waals surface area (Å²) < 4.78 is 6.86. The lowest BCUT2D eigenvalue weighted by molar-refractivity contribution is 0.481. The van der Waals surface area contributed by atoms with Crippen LogP contribution in [0.3, 0.4) is 0 Å². The van der Waals surface area contributed by atoms with Crippen molar-refractivity contribution in [3.8, 4) is 5.75 Å². The molecule has 3 nitrogen and oxygen atoms in total. The van der Waals surface area contributed by atoms with E-state index in [0.29, 0.717) is 10.8 Å². The monoisotopic (exact) mass is 369 g/mol. The quantitative estimate of drug-likeness (QED) is 0.583. The minimum absolute atomic E-state index is 0.0641. The van der Waals surface area contributed by atoms with Crippen LogP contribution in [0.15, 0.2) is 59.6 Å². The van der Waals surface area contributed by atoms with Crippen molar-refractivity contribution in [1.82, 2.24) is 0 Å². The van der Waals surface area contributed by atoms with Gasteiger partial charge in [0.25, 0.3) is 0 Å². The van der Waals surface area contributed by atoms with Crippen LogP contribution in [0, 0.1) is 0 Å². The number of fused-ring (bicyclic) bond motifs is 3. The third-order valence-corrected chi connectivity index (χ3v) is 5.65. The largest absolute Gasteiger partial charge is 0.463 e. The van der Waals surface area contributed by atoms with Gasteiger partial charge in [-0.2, -0.15) is 0 Å². The van der Waals surface area contributed by atoms with Gasteiger partial charge in [0.2, 0.25) is 4.74 Å². The van der Waals surface area contributed by atoms with Gasteiger partial charge in [0.15, 0.2) is 0 Å². The number of para-hydroxylation sites is 1. The van der Waals surface area contributed by atoms with Crippen LogP contribution < -0.4 is 14.4 Å². The molecule has 0 aliphatic carbocycles. The number of anilines is 1. The highest BCUT2D eigenvalue weighted by atomic mass is 35.5. The summed E-state index contributed by atoms with van der Waals surface area (Å²) in [6.45, 7) is 0.836. The Bertz CT molecular complexity index is 1040. The van der Waals surface area contributed by atoms with Gasteiger partial charge >= 0.3 is 0 Å². The molecule has 0 fully saturated rings. The van der Waals surface area contributed by atoms with Crippen LogP contribution in [0.5, 0.6) is 5.75 Å². The molecule has 4 rings (SSSR count). The zero-order chi connectivity index (χ0) is 17.4. The normalized spacial score (nSPS) is 15.4. The first-order chi connectivity index (χ1) is 12.1. The van der Waals surface area contributed by atoms with Gasteiger partial charge in [-0.15, -0.1) is 0 Å². The van der Waals surface area contributed by atoms with Gasteiger partial charge in [-0.3, -0.25) is 4.79 Å². The fourth-order valence-electron chi connectivity index (χ4n) is 3.13. The molecule has 0 bridgehead atoms. The van der Waals surface area contributed by atoms with Crippen molar-refractivity contribution < 1.29 is 4.74 Å². The van der Waals surface area contributed by atoms with Crippen LogP contribution >= 0.6 is 22.9 Å². The lowest BCUT2D eigenvalue weighted by Gasteiger charge is -2.29. The van der Waals surface area contributed by atoms with Crippen LogP contribution in [0.2, 0.25) is 5.02 Å². The number of halogens is 1. The van der Waals surface area contributed by atoms with E-state index in [2.05, 4.69) is 11.0 Å². The van der Waals surface area contributed by atoms with E-state index in [4.69, 9.17) is 16.3 Å². The first-order valence-electron chi connectivity index (χ1n) is 8.03. The van der Waals surface area contributed by atoms with Crippen LogP contribution in [-0.4, -0.2) is 13.6 Å². The van der Waals surface area contributed by atoms with Crippen LogP contribution in [0.4, 0.5) is 5.69 Å². The van der Waals surface area contributed by atoms with E-state index in [1.165, 1.54) is 11.3 Å². The maximum Gasteiger partial charge on any atom is 0.242 e. The van der Waals surface area contributed by atoms with Crippen molar-refractivity contribution >= 4 is 44.3 Å². The smallest absolute Gasteiger partial charge is 0.242 e.